The smallest absolute Gasteiger partial charge is 0.229 e. The number of carbonyl (C=O) groups is 1. The maximum absolute atomic E-state index is 12.5. The molecule has 1 saturated heterocycles. The minimum Gasteiger partial charge on any atom is -0.344 e. The first-order valence-electron chi connectivity index (χ1n) is 8.08. The lowest BCUT2D eigenvalue weighted by molar-refractivity contribution is -0.132. The Balaban J connectivity index is 1.56. The first-order chi connectivity index (χ1) is 11.6. The van der Waals surface area contributed by atoms with Crippen LogP contribution in [0, 0.1) is 6.92 Å². The van der Waals surface area contributed by atoms with Gasteiger partial charge in [0.05, 0.1) is 12.1 Å². The fraction of sp³-hybridized carbons (Fsp3) is 0.471. The van der Waals surface area contributed by atoms with Crippen molar-refractivity contribution in [2.45, 2.75) is 26.3 Å². The van der Waals surface area contributed by atoms with E-state index in [2.05, 4.69) is 28.0 Å². The molecule has 0 aromatic carbocycles. The van der Waals surface area contributed by atoms with Crippen LogP contribution in [-0.4, -0.2) is 52.0 Å². The lowest BCUT2D eigenvalue weighted by atomic mass is 10.1. The molecule has 1 atom stereocenters. The van der Waals surface area contributed by atoms with E-state index in [0.29, 0.717) is 30.4 Å². The van der Waals surface area contributed by atoms with Gasteiger partial charge in [0.15, 0.2) is 0 Å². The number of halogens is 1. The third-order valence-electron chi connectivity index (χ3n) is 4.65. The van der Waals surface area contributed by atoms with Gasteiger partial charge in [-0.15, -0.1) is 0 Å². The molecular weight excluding hydrogens is 328 g/mol. The Morgan fingerprint density at radius 2 is 2.12 bits per heavy atom. The number of carbonyl (C=O) groups excluding carboxylic acids is 1. The van der Waals surface area contributed by atoms with E-state index in [0.717, 1.165) is 13.1 Å². The van der Waals surface area contributed by atoms with Crippen LogP contribution in [0.4, 0.5) is 0 Å². The number of piperazine rings is 1. The van der Waals surface area contributed by atoms with E-state index < -0.39 is 0 Å². The predicted molar refractivity (Wildman–Crippen MR) is 90.8 cm³/mol. The van der Waals surface area contributed by atoms with Crippen molar-refractivity contribution in [3.8, 4) is 0 Å². The van der Waals surface area contributed by atoms with Gasteiger partial charge in [-0.25, -0.2) is 0 Å². The molecule has 1 aliphatic rings. The zero-order valence-electron chi connectivity index (χ0n) is 13.9. The second kappa shape index (κ2) is 7.32. The fourth-order valence-electron chi connectivity index (χ4n) is 3.01. The number of aryl methyl sites for hydroxylation is 1. The molecule has 3 heterocycles. The number of amides is 1. The molecule has 1 amide bonds. The highest BCUT2D eigenvalue weighted by molar-refractivity contribution is 6.29. The molecule has 1 unspecified atom stereocenters. The van der Waals surface area contributed by atoms with Crippen LogP contribution in [0.2, 0.25) is 5.22 Å². The first kappa shape index (κ1) is 16.9. The van der Waals surface area contributed by atoms with Gasteiger partial charge in [-0.3, -0.25) is 14.7 Å². The Morgan fingerprint density at radius 3 is 2.71 bits per heavy atom. The maximum Gasteiger partial charge on any atom is 0.229 e. The number of aromatic nitrogens is 2. The van der Waals surface area contributed by atoms with E-state index in [1.54, 1.807) is 13.1 Å². The average molecular weight is 349 g/mol. The van der Waals surface area contributed by atoms with Crippen molar-refractivity contribution >= 4 is 17.5 Å². The lowest BCUT2D eigenvalue weighted by Crippen LogP contribution is -2.49. The summed E-state index contributed by atoms with van der Waals surface area (Å²) in [6, 6.07) is 4.34. The highest BCUT2D eigenvalue weighted by Gasteiger charge is 2.26. The van der Waals surface area contributed by atoms with Crippen LogP contribution in [0.25, 0.3) is 0 Å². The average Bonchev–Trinajstić information content (AvgIpc) is 2.94. The van der Waals surface area contributed by atoms with Crippen molar-refractivity contribution in [3.05, 3.63) is 46.6 Å². The molecule has 2 aromatic rings. The quantitative estimate of drug-likeness (QED) is 0.849. The number of nitrogens with zero attached hydrogens (tertiary/aromatic N) is 4. The molecule has 0 bridgehead atoms. The molecule has 1 fully saturated rings. The van der Waals surface area contributed by atoms with Gasteiger partial charge in [-0.1, -0.05) is 11.2 Å². The second-order valence-corrected chi connectivity index (χ2v) is 6.42. The first-order valence-corrected chi connectivity index (χ1v) is 8.46. The van der Waals surface area contributed by atoms with Crippen LogP contribution in [0.15, 0.2) is 29.0 Å². The summed E-state index contributed by atoms with van der Waals surface area (Å²) < 4.78 is 4.91. The number of rotatable bonds is 4. The molecule has 6 nitrogen and oxygen atoms in total. The molecule has 0 aliphatic carbocycles. The maximum atomic E-state index is 12.5. The molecule has 24 heavy (non-hydrogen) atoms. The summed E-state index contributed by atoms with van der Waals surface area (Å²) in [6.07, 6.45) is 3.93. The molecule has 1 aliphatic heterocycles. The van der Waals surface area contributed by atoms with Gasteiger partial charge >= 0.3 is 0 Å². The normalized spacial score (nSPS) is 17.0. The topological polar surface area (TPSA) is 62.5 Å². The summed E-state index contributed by atoms with van der Waals surface area (Å²) in [6.45, 7) is 7.09. The molecular formula is C17H21ClN4O2. The van der Waals surface area contributed by atoms with Crippen LogP contribution < -0.4 is 0 Å². The fourth-order valence-corrected chi connectivity index (χ4v) is 3.25. The summed E-state index contributed by atoms with van der Waals surface area (Å²) in [5.41, 5.74) is 2.56. The van der Waals surface area contributed by atoms with Gasteiger partial charge in [0.25, 0.3) is 0 Å². The Hall–Kier alpha value is -1.92. The number of hydrogen-bond donors (Lipinski definition) is 0. The van der Waals surface area contributed by atoms with Gasteiger partial charge in [0.2, 0.25) is 11.1 Å². The van der Waals surface area contributed by atoms with Crippen LogP contribution in [0.5, 0.6) is 0 Å². The van der Waals surface area contributed by atoms with Gasteiger partial charge in [0, 0.05) is 50.2 Å². The Morgan fingerprint density at radius 1 is 1.38 bits per heavy atom. The van der Waals surface area contributed by atoms with E-state index in [9.17, 15) is 4.79 Å². The minimum atomic E-state index is 0.0666. The molecule has 0 N–H and O–H groups in total. The predicted octanol–water partition coefficient (Wildman–Crippen LogP) is 2.48. The van der Waals surface area contributed by atoms with Crippen LogP contribution >= 0.6 is 11.6 Å². The zero-order valence-corrected chi connectivity index (χ0v) is 14.7. The van der Waals surface area contributed by atoms with E-state index in [4.69, 9.17) is 16.1 Å². The van der Waals surface area contributed by atoms with Gasteiger partial charge < -0.3 is 9.42 Å². The van der Waals surface area contributed by atoms with E-state index in [1.165, 1.54) is 5.56 Å². The van der Waals surface area contributed by atoms with Crippen molar-refractivity contribution in [1.29, 1.82) is 0 Å². The monoisotopic (exact) mass is 348 g/mol. The standard InChI is InChI=1S/C17H21ClN4O2/c1-12-15(17(18)24-20-12)10-16(23)22-8-6-21(7-9-22)13(2)14-4-3-5-19-11-14/h3-5,11,13H,6-10H2,1-2H3. The van der Waals surface area contributed by atoms with E-state index >= 15 is 0 Å². The highest BCUT2D eigenvalue weighted by Crippen LogP contribution is 2.23. The summed E-state index contributed by atoms with van der Waals surface area (Å²) >= 11 is 5.95. The van der Waals surface area contributed by atoms with E-state index in [-0.39, 0.29) is 17.5 Å². The summed E-state index contributed by atoms with van der Waals surface area (Å²) in [7, 11) is 0. The molecule has 3 rings (SSSR count). The van der Waals surface area contributed by atoms with Crippen molar-refractivity contribution < 1.29 is 9.32 Å². The Labute approximate surface area is 146 Å². The molecule has 0 radical (unpaired) electrons. The van der Waals surface area contributed by atoms with E-state index in [1.807, 2.05) is 17.2 Å². The zero-order chi connectivity index (χ0) is 17.1. The third-order valence-corrected chi connectivity index (χ3v) is 4.94. The summed E-state index contributed by atoms with van der Waals surface area (Å²) in [4.78, 5) is 20.9. The SMILES string of the molecule is Cc1noc(Cl)c1CC(=O)N1CCN(C(C)c2cccnc2)CC1. The highest BCUT2D eigenvalue weighted by atomic mass is 35.5. The Bertz CT molecular complexity index is 676. The molecule has 0 saturated carbocycles. The van der Waals surface area contributed by atoms with Crippen molar-refractivity contribution in [2.24, 2.45) is 0 Å². The van der Waals surface area contributed by atoms with Crippen LogP contribution in [0.1, 0.15) is 29.8 Å². The second-order valence-electron chi connectivity index (χ2n) is 6.08. The minimum absolute atomic E-state index is 0.0666. The molecule has 7 heteroatoms. The van der Waals surface area contributed by atoms with Crippen molar-refractivity contribution in [1.82, 2.24) is 19.9 Å². The van der Waals surface area contributed by atoms with Gasteiger partial charge in [-0.2, -0.15) is 0 Å². The summed E-state index contributed by atoms with van der Waals surface area (Å²) in [5.74, 6) is 0.0666. The lowest BCUT2D eigenvalue weighted by Gasteiger charge is -2.38. The molecule has 2 aromatic heterocycles. The molecule has 128 valence electrons. The number of pyridine rings is 1. The number of hydrogen-bond acceptors (Lipinski definition) is 5. The largest absolute Gasteiger partial charge is 0.344 e. The third kappa shape index (κ3) is 3.60. The van der Waals surface area contributed by atoms with Crippen LogP contribution in [-0.2, 0) is 11.2 Å². The van der Waals surface area contributed by atoms with Crippen molar-refractivity contribution in [3.63, 3.8) is 0 Å². The van der Waals surface area contributed by atoms with Gasteiger partial charge in [-0.05, 0) is 37.1 Å². The summed E-state index contributed by atoms with van der Waals surface area (Å²) in [5, 5.41) is 4.00. The molecule has 0 spiro atoms. The van der Waals surface area contributed by atoms with Crippen molar-refractivity contribution in [2.75, 3.05) is 26.2 Å². The van der Waals surface area contributed by atoms with Crippen LogP contribution in [0.3, 0.4) is 0 Å². The van der Waals surface area contributed by atoms with Gasteiger partial charge in [0.1, 0.15) is 0 Å². The Kier molecular flexibility index (Phi) is 5.16.